The van der Waals surface area contributed by atoms with Crippen molar-refractivity contribution in [3.8, 4) is 0 Å². The van der Waals surface area contributed by atoms with Gasteiger partial charge in [-0.1, -0.05) is 46.0 Å². The number of hydrogen-bond donors (Lipinski definition) is 3. The maximum Gasteiger partial charge on any atom is 0.225 e. The summed E-state index contributed by atoms with van der Waals surface area (Å²) in [6.07, 6.45) is 7.81. The van der Waals surface area contributed by atoms with E-state index in [-0.39, 0.29) is 17.9 Å². The lowest BCUT2D eigenvalue weighted by atomic mass is 9.97. The second-order valence-corrected chi connectivity index (χ2v) is 6.46. The molecule has 1 heterocycles. The van der Waals surface area contributed by atoms with Gasteiger partial charge in [0, 0.05) is 19.0 Å². The molecule has 3 atom stereocenters. The zero-order valence-electron chi connectivity index (χ0n) is 14.1. The summed E-state index contributed by atoms with van der Waals surface area (Å²) in [7, 11) is 0. The summed E-state index contributed by atoms with van der Waals surface area (Å²) < 4.78 is 0. The third-order valence-corrected chi connectivity index (χ3v) is 4.42. The third-order valence-electron chi connectivity index (χ3n) is 4.42. The Morgan fingerprint density at radius 2 is 2.09 bits per heavy atom. The molecule has 3 N–H and O–H groups in total. The molecule has 2 amide bonds. The van der Waals surface area contributed by atoms with Gasteiger partial charge in [0.2, 0.25) is 11.8 Å². The fourth-order valence-electron chi connectivity index (χ4n) is 2.81. The number of aliphatic hydroxyl groups is 1. The Bertz CT molecular complexity index is 347. The minimum absolute atomic E-state index is 0.00748. The molecule has 22 heavy (non-hydrogen) atoms. The molecule has 1 aliphatic rings. The van der Waals surface area contributed by atoms with Crippen LogP contribution in [-0.2, 0) is 9.59 Å². The van der Waals surface area contributed by atoms with Crippen molar-refractivity contribution in [1.82, 2.24) is 10.6 Å². The highest BCUT2D eigenvalue weighted by Crippen LogP contribution is 2.14. The van der Waals surface area contributed by atoms with E-state index >= 15 is 0 Å². The van der Waals surface area contributed by atoms with Crippen LogP contribution in [0, 0.1) is 5.92 Å². The maximum atomic E-state index is 12.2. The quantitative estimate of drug-likeness (QED) is 0.571. The SMILES string of the molecule is CCCCCCC[C@@H](O)[C@H](C)C(=O)N[C@H]1CCCNC(=O)C1. The molecule has 0 aromatic heterocycles. The van der Waals surface area contributed by atoms with Crippen LogP contribution < -0.4 is 10.6 Å². The van der Waals surface area contributed by atoms with Crippen LogP contribution in [0.15, 0.2) is 0 Å². The van der Waals surface area contributed by atoms with Gasteiger partial charge in [-0.15, -0.1) is 0 Å². The van der Waals surface area contributed by atoms with Crippen molar-refractivity contribution in [2.24, 2.45) is 5.92 Å². The molecule has 0 spiro atoms. The maximum absolute atomic E-state index is 12.2. The van der Waals surface area contributed by atoms with Gasteiger partial charge in [0.1, 0.15) is 0 Å². The predicted octanol–water partition coefficient (Wildman–Crippen LogP) is 2.13. The summed E-state index contributed by atoms with van der Waals surface area (Å²) in [6, 6.07) is -0.103. The second-order valence-electron chi connectivity index (χ2n) is 6.46. The Morgan fingerprint density at radius 3 is 2.82 bits per heavy atom. The molecule has 5 nitrogen and oxygen atoms in total. The fourth-order valence-corrected chi connectivity index (χ4v) is 2.81. The van der Waals surface area contributed by atoms with Crippen molar-refractivity contribution in [1.29, 1.82) is 0 Å². The predicted molar refractivity (Wildman–Crippen MR) is 87.3 cm³/mol. The normalized spacial score (nSPS) is 21.6. The highest BCUT2D eigenvalue weighted by atomic mass is 16.3. The molecular weight excluding hydrogens is 280 g/mol. The monoisotopic (exact) mass is 312 g/mol. The van der Waals surface area contributed by atoms with Crippen LogP contribution in [0.3, 0.4) is 0 Å². The van der Waals surface area contributed by atoms with Crippen molar-refractivity contribution in [2.45, 2.75) is 83.8 Å². The van der Waals surface area contributed by atoms with Crippen LogP contribution in [0.4, 0.5) is 0 Å². The van der Waals surface area contributed by atoms with Crippen molar-refractivity contribution in [3.63, 3.8) is 0 Å². The lowest BCUT2D eigenvalue weighted by Crippen LogP contribution is -2.42. The van der Waals surface area contributed by atoms with Crippen molar-refractivity contribution in [3.05, 3.63) is 0 Å². The number of unbranched alkanes of at least 4 members (excludes halogenated alkanes) is 4. The Hall–Kier alpha value is -1.10. The molecule has 0 aliphatic carbocycles. The van der Waals surface area contributed by atoms with Crippen molar-refractivity contribution in [2.75, 3.05) is 6.54 Å². The molecule has 1 aliphatic heterocycles. The van der Waals surface area contributed by atoms with E-state index in [2.05, 4.69) is 17.6 Å². The standard InChI is InChI=1S/C17H32N2O3/c1-3-4-5-6-7-10-15(20)13(2)17(22)19-14-9-8-11-18-16(21)12-14/h13-15,20H,3-12H2,1-2H3,(H,18,21)(H,19,22)/t13-,14-,15+/m0/s1. The first-order chi connectivity index (χ1) is 10.5. The van der Waals surface area contributed by atoms with E-state index < -0.39 is 12.0 Å². The van der Waals surface area contributed by atoms with E-state index in [1.165, 1.54) is 19.3 Å². The largest absolute Gasteiger partial charge is 0.392 e. The molecule has 1 saturated heterocycles. The Morgan fingerprint density at radius 1 is 1.36 bits per heavy atom. The molecule has 1 rings (SSSR count). The van der Waals surface area contributed by atoms with Gasteiger partial charge < -0.3 is 15.7 Å². The zero-order chi connectivity index (χ0) is 16.4. The molecule has 0 saturated carbocycles. The Labute approximate surface area is 134 Å². The van der Waals surface area contributed by atoms with Gasteiger partial charge in [0.15, 0.2) is 0 Å². The lowest BCUT2D eigenvalue weighted by molar-refractivity contribution is -0.129. The number of aliphatic hydroxyl groups excluding tert-OH is 1. The van der Waals surface area contributed by atoms with Gasteiger partial charge in [-0.25, -0.2) is 0 Å². The molecule has 0 bridgehead atoms. The zero-order valence-corrected chi connectivity index (χ0v) is 14.1. The van der Waals surface area contributed by atoms with Crippen LogP contribution in [0.5, 0.6) is 0 Å². The number of nitrogens with one attached hydrogen (secondary N) is 2. The second kappa shape index (κ2) is 10.6. The molecule has 0 aromatic carbocycles. The molecule has 0 radical (unpaired) electrons. The van der Waals surface area contributed by atoms with E-state index in [4.69, 9.17) is 0 Å². The number of carbonyl (C=O) groups excluding carboxylic acids is 2. The van der Waals surface area contributed by atoms with E-state index in [0.29, 0.717) is 19.4 Å². The molecule has 1 fully saturated rings. The number of amides is 2. The molecule has 0 unspecified atom stereocenters. The summed E-state index contributed by atoms with van der Waals surface area (Å²) >= 11 is 0. The third kappa shape index (κ3) is 7.25. The van der Waals surface area contributed by atoms with Gasteiger partial charge >= 0.3 is 0 Å². The van der Waals surface area contributed by atoms with E-state index in [1.807, 2.05) is 0 Å². The van der Waals surface area contributed by atoms with Gasteiger partial charge in [-0.3, -0.25) is 9.59 Å². The molecular formula is C17H32N2O3. The van der Waals surface area contributed by atoms with E-state index in [1.54, 1.807) is 6.92 Å². The van der Waals surface area contributed by atoms with Crippen LogP contribution in [0.2, 0.25) is 0 Å². The van der Waals surface area contributed by atoms with Gasteiger partial charge in [0.05, 0.1) is 12.0 Å². The van der Waals surface area contributed by atoms with Crippen LogP contribution in [0.1, 0.15) is 71.6 Å². The number of hydrogen-bond acceptors (Lipinski definition) is 3. The summed E-state index contributed by atoms with van der Waals surface area (Å²) in [5.74, 6) is -0.565. The first-order valence-electron chi connectivity index (χ1n) is 8.79. The van der Waals surface area contributed by atoms with Crippen molar-refractivity contribution < 1.29 is 14.7 Å². The molecule has 5 heteroatoms. The van der Waals surface area contributed by atoms with Crippen LogP contribution in [-0.4, -0.2) is 35.6 Å². The number of rotatable bonds is 9. The van der Waals surface area contributed by atoms with Gasteiger partial charge in [-0.05, 0) is 19.3 Å². The van der Waals surface area contributed by atoms with Gasteiger partial charge in [0.25, 0.3) is 0 Å². The summed E-state index contributed by atoms with van der Waals surface area (Å²) in [5.41, 5.74) is 0. The summed E-state index contributed by atoms with van der Waals surface area (Å²) in [6.45, 7) is 4.62. The molecule has 0 aromatic rings. The topological polar surface area (TPSA) is 78.4 Å². The van der Waals surface area contributed by atoms with E-state index in [9.17, 15) is 14.7 Å². The first kappa shape index (κ1) is 18.9. The molecule has 128 valence electrons. The highest BCUT2D eigenvalue weighted by molar-refractivity contribution is 5.81. The van der Waals surface area contributed by atoms with Crippen LogP contribution >= 0.6 is 0 Å². The van der Waals surface area contributed by atoms with Crippen LogP contribution in [0.25, 0.3) is 0 Å². The lowest BCUT2D eigenvalue weighted by Gasteiger charge is -2.22. The first-order valence-corrected chi connectivity index (χ1v) is 8.79. The average molecular weight is 312 g/mol. The average Bonchev–Trinajstić information content (AvgIpc) is 2.70. The fraction of sp³-hybridized carbons (Fsp3) is 0.882. The highest BCUT2D eigenvalue weighted by Gasteiger charge is 2.25. The Kier molecular flexibility index (Phi) is 9.13. The van der Waals surface area contributed by atoms with Gasteiger partial charge in [-0.2, -0.15) is 0 Å². The summed E-state index contributed by atoms with van der Waals surface area (Å²) in [4.78, 5) is 23.7. The van der Waals surface area contributed by atoms with E-state index in [0.717, 1.165) is 25.7 Å². The Balaban J connectivity index is 2.28. The minimum Gasteiger partial charge on any atom is -0.392 e. The summed E-state index contributed by atoms with van der Waals surface area (Å²) in [5, 5.41) is 15.9. The van der Waals surface area contributed by atoms with Crippen molar-refractivity contribution >= 4 is 11.8 Å². The smallest absolute Gasteiger partial charge is 0.225 e. The number of carbonyl (C=O) groups is 2. The minimum atomic E-state index is -0.596.